The van der Waals surface area contributed by atoms with Gasteiger partial charge in [-0.2, -0.15) is 0 Å². The number of aromatic nitrogens is 2. The van der Waals surface area contributed by atoms with Gasteiger partial charge >= 0.3 is 0 Å². The Morgan fingerprint density at radius 3 is 2.74 bits per heavy atom. The lowest BCUT2D eigenvalue weighted by atomic mass is 10.00. The monoisotopic (exact) mass is 382 g/mol. The van der Waals surface area contributed by atoms with Gasteiger partial charge in [0.1, 0.15) is 23.7 Å². The molecule has 0 bridgehead atoms. The average molecular weight is 383 g/mol. The Hall–Kier alpha value is -2.99. The Morgan fingerprint density at radius 2 is 1.93 bits per heavy atom. The van der Waals surface area contributed by atoms with Crippen LogP contribution in [-0.2, 0) is 13.0 Å². The van der Waals surface area contributed by atoms with Crippen molar-refractivity contribution in [3.63, 3.8) is 0 Å². The molecule has 27 heavy (non-hydrogen) atoms. The molecule has 2 heterocycles. The highest BCUT2D eigenvalue weighted by Gasteiger charge is 2.19. The van der Waals surface area contributed by atoms with Gasteiger partial charge in [0.15, 0.2) is 0 Å². The number of carbonyl (C=O) groups excluding carboxylic acids is 1. The van der Waals surface area contributed by atoms with E-state index in [1.165, 1.54) is 35.7 Å². The summed E-state index contributed by atoms with van der Waals surface area (Å²) < 4.78 is 13.3. The molecular weight excluding hydrogens is 367 g/mol. The van der Waals surface area contributed by atoms with E-state index >= 15 is 0 Å². The van der Waals surface area contributed by atoms with E-state index in [0.717, 1.165) is 19.5 Å². The third kappa shape index (κ3) is 3.75. The summed E-state index contributed by atoms with van der Waals surface area (Å²) in [6.45, 7) is 1.56. The van der Waals surface area contributed by atoms with E-state index in [1.54, 1.807) is 6.07 Å². The zero-order valence-corrected chi connectivity index (χ0v) is 15.1. The zero-order chi connectivity index (χ0) is 18.8. The number of carbonyl (C=O) groups is 1. The van der Waals surface area contributed by atoms with Crippen LogP contribution in [0.4, 0.5) is 15.9 Å². The van der Waals surface area contributed by atoms with Gasteiger partial charge < -0.3 is 10.2 Å². The lowest BCUT2D eigenvalue weighted by Gasteiger charge is -2.29. The standard InChI is InChI=1S/C20H16ClFN4O/c21-16-9-15(5-6-17(16)22)25-20(27)18-10-19(24-12-23-18)26-8-7-13-3-1-2-4-14(13)11-26/h1-6,9-10,12H,7-8,11H2,(H,25,27). The minimum atomic E-state index is -0.538. The number of benzene rings is 2. The summed E-state index contributed by atoms with van der Waals surface area (Å²) in [5.74, 6) is -0.245. The first-order chi connectivity index (χ1) is 13.1. The summed E-state index contributed by atoms with van der Waals surface area (Å²) in [5.41, 5.74) is 3.24. The highest BCUT2D eigenvalue weighted by molar-refractivity contribution is 6.31. The maximum atomic E-state index is 13.3. The largest absolute Gasteiger partial charge is 0.352 e. The normalized spacial score (nSPS) is 13.2. The van der Waals surface area contributed by atoms with Crippen molar-refractivity contribution in [2.75, 3.05) is 16.8 Å². The Bertz CT molecular complexity index is 1010. The Morgan fingerprint density at radius 1 is 1.11 bits per heavy atom. The molecule has 3 aromatic rings. The SMILES string of the molecule is O=C(Nc1ccc(F)c(Cl)c1)c1cc(N2CCc3ccccc3C2)ncn1. The van der Waals surface area contributed by atoms with Crippen molar-refractivity contribution >= 4 is 29.0 Å². The van der Waals surface area contributed by atoms with Crippen LogP contribution in [0.5, 0.6) is 0 Å². The van der Waals surface area contributed by atoms with E-state index in [1.807, 2.05) is 12.1 Å². The van der Waals surface area contributed by atoms with Gasteiger partial charge in [0.25, 0.3) is 5.91 Å². The molecule has 7 heteroatoms. The highest BCUT2D eigenvalue weighted by atomic mass is 35.5. The van der Waals surface area contributed by atoms with Crippen molar-refractivity contribution in [3.05, 3.63) is 82.5 Å². The number of nitrogens with zero attached hydrogens (tertiary/aromatic N) is 3. The first kappa shape index (κ1) is 17.4. The molecule has 2 aromatic carbocycles. The number of anilines is 2. The topological polar surface area (TPSA) is 58.1 Å². The molecule has 0 radical (unpaired) electrons. The average Bonchev–Trinajstić information content (AvgIpc) is 2.70. The predicted molar refractivity (Wildman–Crippen MR) is 103 cm³/mol. The molecule has 1 N–H and O–H groups in total. The molecule has 0 saturated carbocycles. The lowest BCUT2D eigenvalue weighted by molar-refractivity contribution is 0.102. The molecule has 5 nitrogen and oxygen atoms in total. The van der Waals surface area contributed by atoms with Crippen LogP contribution in [0.1, 0.15) is 21.6 Å². The summed E-state index contributed by atoms with van der Waals surface area (Å²) in [7, 11) is 0. The third-order valence-corrected chi connectivity index (χ3v) is 4.81. The summed E-state index contributed by atoms with van der Waals surface area (Å²) >= 11 is 5.75. The lowest BCUT2D eigenvalue weighted by Crippen LogP contribution is -2.31. The van der Waals surface area contributed by atoms with Gasteiger partial charge in [-0.3, -0.25) is 4.79 Å². The van der Waals surface area contributed by atoms with Crippen molar-refractivity contribution in [2.24, 2.45) is 0 Å². The maximum Gasteiger partial charge on any atom is 0.274 e. The number of amides is 1. The quantitative estimate of drug-likeness (QED) is 0.741. The van der Waals surface area contributed by atoms with Gasteiger partial charge in [-0.15, -0.1) is 0 Å². The number of rotatable bonds is 3. The van der Waals surface area contributed by atoms with Gasteiger partial charge in [-0.1, -0.05) is 35.9 Å². The van der Waals surface area contributed by atoms with Crippen molar-refractivity contribution < 1.29 is 9.18 Å². The minimum absolute atomic E-state index is 0.0526. The summed E-state index contributed by atoms with van der Waals surface area (Å²) in [4.78, 5) is 23.0. The molecule has 4 rings (SSSR count). The van der Waals surface area contributed by atoms with Crippen molar-refractivity contribution in [2.45, 2.75) is 13.0 Å². The molecule has 0 aliphatic carbocycles. The van der Waals surface area contributed by atoms with Crippen molar-refractivity contribution in [3.8, 4) is 0 Å². The van der Waals surface area contributed by atoms with Crippen LogP contribution in [0.25, 0.3) is 0 Å². The van der Waals surface area contributed by atoms with Crippen LogP contribution >= 0.6 is 11.6 Å². The van der Waals surface area contributed by atoms with Crippen LogP contribution in [-0.4, -0.2) is 22.4 Å². The molecule has 0 spiro atoms. The van der Waals surface area contributed by atoms with E-state index in [2.05, 4.69) is 32.3 Å². The van der Waals surface area contributed by atoms with Crippen LogP contribution < -0.4 is 10.2 Å². The summed E-state index contributed by atoms with van der Waals surface area (Å²) in [6.07, 6.45) is 2.30. The van der Waals surface area contributed by atoms with E-state index in [-0.39, 0.29) is 10.7 Å². The molecule has 0 saturated heterocycles. The maximum absolute atomic E-state index is 13.3. The summed E-state index contributed by atoms with van der Waals surface area (Å²) in [6, 6.07) is 14.0. The van der Waals surface area contributed by atoms with Crippen LogP contribution in [0.2, 0.25) is 5.02 Å². The molecule has 1 aliphatic rings. The fraction of sp³-hybridized carbons (Fsp3) is 0.150. The summed E-state index contributed by atoms with van der Waals surface area (Å²) in [5, 5.41) is 2.62. The molecular formula is C20H16ClFN4O. The molecule has 136 valence electrons. The highest BCUT2D eigenvalue weighted by Crippen LogP contribution is 2.24. The fourth-order valence-electron chi connectivity index (χ4n) is 3.10. The Balaban J connectivity index is 1.52. The first-order valence-electron chi connectivity index (χ1n) is 8.50. The molecule has 0 atom stereocenters. The van der Waals surface area contributed by atoms with Crippen molar-refractivity contribution in [1.29, 1.82) is 0 Å². The molecule has 0 fully saturated rings. The number of halogens is 2. The van der Waals surface area contributed by atoms with E-state index in [9.17, 15) is 9.18 Å². The second-order valence-electron chi connectivity index (χ2n) is 6.28. The zero-order valence-electron chi connectivity index (χ0n) is 14.3. The van der Waals surface area contributed by atoms with Gasteiger partial charge in [0.05, 0.1) is 5.02 Å². The third-order valence-electron chi connectivity index (χ3n) is 4.52. The van der Waals surface area contributed by atoms with E-state index in [4.69, 9.17) is 11.6 Å². The van der Waals surface area contributed by atoms with Gasteiger partial charge in [-0.25, -0.2) is 14.4 Å². The second kappa shape index (κ2) is 7.32. The number of hydrogen-bond donors (Lipinski definition) is 1. The first-order valence-corrected chi connectivity index (χ1v) is 8.88. The Labute approximate surface area is 160 Å². The van der Waals surface area contributed by atoms with Crippen LogP contribution in [0, 0.1) is 5.82 Å². The minimum Gasteiger partial charge on any atom is -0.352 e. The van der Waals surface area contributed by atoms with Crippen molar-refractivity contribution in [1.82, 2.24) is 9.97 Å². The van der Waals surface area contributed by atoms with E-state index < -0.39 is 11.7 Å². The smallest absolute Gasteiger partial charge is 0.274 e. The molecule has 1 aromatic heterocycles. The van der Waals surface area contributed by atoms with Crippen LogP contribution in [0.3, 0.4) is 0 Å². The Kier molecular flexibility index (Phi) is 4.73. The van der Waals surface area contributed by atoms with E-state index in [0.29, 0.717) is 11.5 Å². The number of fused-ring (bicyclic) bond motifs is 1. The molecule has 1 amide bonds. The number of nitrogens with one attached hydrogen (secondary N) is 1. The van der Waals surface area contributed by atoms with Gasteiger partial charge in [-0.05, 0) is 35.7 Å². The second-order valence-corrected chi connectivity index (χ2v) is 6.69. The van der Waals surface area contributed by atoms with Gasteiger partial charge in [0, 0.05) is 24.8 Å². The fourth-order valence-corrected chi connectivity index (χ4v) is 3.28. The predicted octanol–water partition coefficient (Wildman–Crippen LogP) is 4.08. The van der Waals surface area contributed by atoms with Gasteiger partial charge in [0.2, 0.25) is 0 Å². The number of hydrogen-bond acceptors (Lipinski definition) is 4. The van der Waals surface area contributed by atoms with Crippen LogP contribution in [0.15, 0.2) is 54.9 Å². The molecule has 1 aliphatic heterocycles. The molecule has 0 unspecified atom stereocenters.